The lowest BCUT2D eigenvalue weighted by Gasteiger charge is -2.27. The van der Waals surface area contributed by atoms with Gasteiger partial charge in [0, 0.05) is 22.8 Å². The predicted molar refractivity (Wildman–Crippen MR) is 63.6 cm³/mol. The van der Waals surface area contributed by atoms with E-state index in [9.17, 15) is 5.11 Å². The van der Waals surface area contributed by atoms with E-state index in [4.69, 9.17) is 0 Å². The van der Waals surface area contributed by atoms with Gasteiger partial charge in [-0.2, -0.15) is 0 Å². The second kappa shape index (κ2) is 4.22. The van der Waals surface area contributed by atoms with Crippen LogP contribution in [-0.4, -0.2) is 15.7 Å². The van der Waals surface area contributed by atoms with Gasteiger partial charge in [-0.3, -0.25) is 4.98 Å². The second-order valence-corrected chi connectivity index (χ2v) is 5.46. The molecule has 1 N–H and O–H groups in total. The Labute approximate surface area is 98.9 Å². The molecule has 2 unspecified atom stereocenters. The van der Waals surface area contributed by atoms with Crippen molar-refractivity contribution in [2.24, 2.45) is 5.92 Å². The minimum atomic E-state index is -0.527. The molecule has 15 heavy (non-hydrogen) atoms. The maximum Gasteiger partial charge on any atom is 0.0728 e. The first kappa shape index (κ1) is 11.1. The van der Waals surface area contributed by atoms with Gasteiger partial charge in [0.25, 0.3) is 0 Å². The molecule has 0 aromatic carbocycles. The normalized spacial score (nSPS) is 30.7. The third-order valence-electron chi connectivity index (χ3n) is 3.44. The van der Waals surface area contributed by atoms with Crippen LogP contribution < -0.4 is 0 Å². The van der Waals surface area contributed by atoms with E-state index in [0.717, 1.165) is 29.4 Å². The summed E-state index contributed by atoms with van der Waals surface area (Å²) in [5, 5.41) is 10.4. The molecule has 1 aliphatic rings. The monoisotopic (exact) mass is 269 g/mol. The number of nitrogens with zero attached hydrogens (tertiary/aromatic N) is 1. The first-order valence-electron chi connectivity index (χ1n) is 5.43. The van der Waals surface area contributed by atoms with Gasteiger partial charge in [0.15, 0.2) is 0 Å². The molecule has 82 valence electrons. The van der Waals surface area contributed by atoms with Crippen LogP contribution in [0.1, 0.15) is 31.9 Å². The van der Waals surface area contributed by atoms with Crippen molar-refractivity contribution in [1.29, 1.82) is 0 Å². The van der Waals surface area contributed by atoms with Gasteiger partial charge in [0.05, 0.1) is 5.60 Å². The molecule has 3 heteroatoms. The fourth-order valence-electron chi connectivity index (χ4n) is 2.32. The lowest BCUT2D eigenvalue weighted by molar-refractivity contribution is 0.00873. The second-order valence-electron chi connectivity index (χ2n) is 4.54. The number of rotatable bonds is 2. The van der Waals surface area contributed by atoms with E-state index >= 15 is 0 Å². The summed E-state index contributed by atoms with van der Waals surface area (Å²) in [6, 6.07) is 3.96. The van der Waals surface area contributed by atoms with E-state index in [1.165, 1.54) is 0 Å². The minimum Gasteiger partial charge on any atom is -0.389 e. The Morgan fingerprint density at radius 3 is 2.93 bits per heavy atom. The maximum atomic E-state index is 10.4. The van der Waals surface area contributed by atoms with Gasteiger partial charge in [-0.15, -0.1) is 0 Å². The average Bonchev–Trinajstić information content (AvgIpc) is 2.51. The van der Waals surface area contributed by atoms with E-state index in [1.54, 1.807) is 6.20 Å². The summed E-state index contributed by atoms with van der Waals surface area (Å²) in [4.78, 5) is 4.31. The highest BCUT2D eigenvalue weighted by molar-refractivity contribution is 9.10. The molecule has 1 aromatic heterocycles. The molecule has 0 aliphatic heterocycles. The summed E-state index contributed by atoms with van der Waals surface area (Å²) in [7, 11) is 0. The van der Waals surface area contributed by atoms with Gasteiger partial charge in [-0.05, 0) is 46.8 Å². The highest BCUT2D eigenvalue weighted by atomic mass is 79.9. The third-order valence-corrected chi connectivity index (χ3v) is 3.91. The Morgan fingerprint density at radius 1 is 1.60 bits per heavy atom. The van der Waals surface area contributed by atoms with E-state index in [0.29, 0.717) is 12.3 Å². The fraction of sp³-hybridized carbons (Fsp3) is 0.583. The lowest BCUT2D eigenvalue weighted by Crippen LogP contribution is -2.34. The number of pyridine rings is 1. The fourth-order valence-corrected chi connectivity index (χ4v) is 2.55. The molecular weight excluding hydrogens is 254 g/mol. The number of aromatic nitrogens is 1. The molecule has 0 saturated heterocycles. The van der Waals surface area contributed by atoms with Crippen LogP contribution in [0.3, 0.4) is 0 Å². The maximum absolute atomic E-state index is 10.4. The zero-order chi connectivity index (χ0) is 10.9. The van der Waals surface area contributed by atoms with Crippen LogP contribution in [-0.2, 0) is 6.42 Å². The predicted octanol–water partition coefficient (Wildman–Crippen LogP) is 2.94. The van der Waals surface area contributed by atoms with Crippen molar-refractivity contribution in [1.82, 2.24) is 4.98 Å². The van der Waals surface area contributed by atoms with Gasteiger partial charge in [-0.25, -0.2) is 0 Å². The topological polar surface area (TPSA) is 33.1 Å². The van der Waals surface area contributed by atoms with E-state index in [2.05, 4.69) is 27.8 Å². The average molecular weight is 270 g/mol. The number of halogens is 1. The molecule has 1 aliphatic carbocycles. The first-order chi connectivity index (χ1) is 7.10. The minimum absolute atomic E-state index is 0.392. The standard InChI is InChI=1S/C12H16BrNO/c1-9-3-2-6-12(9,15)7-11-5-4-10(13)8-14-11/h4-5,8-9,15H,2-3,6-7H2,1H3. The van der Waals surface area contributed by atoms with Gasteiger partial charge in [-0.1, -0.05) is 13.3 Å². The van der Waals surface area contributed by atoms with Crippen LogP contribution in [0.2, 0.25) is 0 Å². The third kappa shape index (κ3) is 2.40. The van der Waals surface area contributed by atoms with Crippen LogP contribution in [0.25, 0.3) is 0 Å². The molecule has 1 aromatic rings. The molecule has 1 heterocycles. The first-order valence-corrected chi connectivity index (χ1v) is 6.22. The van der Waals surface area contributed by atoms with E-state index in [1.807, 2.05) is 12.1 Å². The van der Waals surface area contributed by atoms with Crippen LogP contribution >= 0.6 is 15.9 Å². The molecule has 0 amide bonds. The van der Waals surface area contributed by atoms with Gasteiger partial charge in [0.1, 0.15) is 0 Å². The summed E-state index contributed by atoms with van der Waals surface area (Å²) < 4.78 is 0.984. The summed E-state index contributed by atoms with van der Waals surface area (Å²) >= 11 is 3.36. The molecule has 2 atom stereocenters. The van der Waals surface area contributed by atoms with Crippen molar-refractivity contribution in [3.63, 3.8) is 0 Å². The molecule has 1 saturated carbocycles. The smallest absolute Gasteiger partial charge is 0.0728 e. The Hall–Kier alpha value is -0.410. The lowest BCUT2D eigenvalue weighted by atomic mass is 9.88. The molecular formula is C12H16BrNO. The molecule has 0 bridgehead atoms. The van der Waals surface area contributed by atoms with Crippen LogP contribution in [0, 0.1) is 5.92 Å². The molecule has 1 fully saturated rings. The summed E-state index contributed by atoms with van der Waals surface area (Å²) in [5.41, 5.74) is 0.454. The van der Waals surface area contributed by atoms with Crippen molar-refractivity contribution in [3.8, 4) is 0 Å². The molecule has 2 rings (SSSR count). The Morgan fingerprint density at radius 2 is 2.40 bits per heavy atom. The van der Waals surface area contributed by atoms with E-state index < -0.39 is 5.60 Å². The largest absolute Gasteiger partial charge is 0.389 e. The van der Waals surface area contributed by atoms with Crippen molar-refractivity contribution < 1.29 is 5.11 Å². The van der Waals surface area contributed by atoms with Gasteiger partial charge >= 0.3 is 0 Å². The van der Waals surface area contributed by atoms with Gasteiger partial charge < -0.3 is 5.11 Å². The zero-order valence-corrected chi connectivity index (χ0v) is 10.5. The van der Waals surface area contributed by atoms with Crippen molar-refractivity contribution in [3.05, 3.63) is 28.5 Å². The molecule has 2 nitrogen and oxygen atoms in total. The number of aliphatic hydroxyl groups is 1. The van der Waals surface area contributed by atoms with E-state index in [-0.39, 0.29) is 0 Å². The van der Waals surface area contributed by atoms with Gasteiger partial charge in [0.2, 0.25) is 0 Å². The number of hydrogen-bond acceptors (Lipinski definition) is 2. The summed E-state index contributed by atoms with van der Waals surface area (Å²) in [6.45, 7) is 2.13. The molecule has 0 spiro atoms. The zero-order valence-electron chi connectivity index (χ0n) is 8.91. The van der Waals surface area contributed by atoms with Crippen LogP contribution in [0.4, 0.5) is 0 Å². The summed E-state index contributed by atoms with van der Waals surface area (Å²) in [5.74, 6) is 0.392. The number of hydrogen-bond donors (Lipinski definition) is 1. The SMILES string of the molecule is CC1CCCC1(O)Cc1ccc(Br)cn1. The Kier molecular flexibility index (Phi) is 3.12. The van der Waals surface area contributed by atoms with Crippen LogP contribution in [0.15, 0.2) is 22.8 Å². The van der Waals surface area contributed by atoms with Crippen molar-refractivity contribution in [2.45, 2.75) is 38.2 Å². The van der Waals surface area contributed by atoms with Crippen molar-refractivity contribution >= 4 is 15.9 Å². The Balaban J connectivity index is 2.11. The van der Waals surface area contributed by atoms with Crippen LogP contribution in [0.5, 0.6) is 0 Å². The Bertz CT molecular complexity index is 338. The quantitative estimate of drug-likeness (QED) is 0.896. The highest BCUT2D eigenvalue weighted by Gasteiger charge is 2.38. The van der Waals surface area contributed by atoms with Crippen molar-refractivity contribution in [2.75, 3.05) is 0 Å². The molecule has 0 radical (unpaired) electrons. The highest BCUT2D eigenvalue weighted by Crippen LogP contribution is 2.37. The summed E-state index contributed by atoms with van der Waals surface area (Å²) in [6.07, 6.45) is 5.65.